The summed E-state index contributed by atoms with van der Waals surface area (Å²) in [4.78, 5) is 3.76. The molecule has 2 N–H and O–H groups in total. The maximum atomic E-state index is 11.7. The van der Waals surface area contributed by atoms with E-state index in [0.29, 0.717) is 13.1 Å². The van der Waals surface area contributed by atoms with Gasteiger partial charge in [-0.1, -0.05) is 13.8 Å². The summed E-state index contributed by atoms with van der Waals surface area (Å²) < 4.78 is 31.7. The summed E-state index contributed by atoms with van der Waals surface area (Å²) in [6.45, 7) is 4.28. The van der Waals surface area contributed by atoms with Gasteiger partial charge in [0.1, 0.15) is 0 Å². The van der Waals surface area contributed by atoms with Gasteiger partial charge in [0.15, 0.2) is 0 Å². The van der Waals surface area contributed by atoms with Crippen LogP contribution in [0.25, 0.3) is 0 Å². The number of ether oxygens (including phenoxy) is 1. The molecule has 0 atom stereocenters. The van der Waals surface area contributed by atoms with Crippen LogP contribution in [0.5, 0.6) is 6.01 Å². The molecule has 0 fully saturated rings. The predicted molar refractivity (Wildman–Crippen MR) is 58.4 cm³/mol. The number of nitrogens with one attached hydrogen (secondary N) is 2. The second-order valence-electron chi connectivity index (χ2n) is 2.86. The van der Waals surface area contributed by atoms with E-state index < -0.39 is 10.2 Å². The molecule has 9 heteroatoms. The topological polar surface area (TPSA) is 100 Å². The average Bonchev–Trinajstić information content (AvgIpc) is 2.66. The normalized spacial score (nSPS) is 11.8. The molecule has 1 aromatic heterocycles. The van der Waals surface area contributed by atoms with Gasteiger partial charge in [0.05, 0.1) is 7.11 Å². The zero-order valence-electron chi connectivity index (χ0n) is 9.39. The summed E-state index contributed by atoms with van der Waals surface area (Å²) in [7, 11) is -2.18. The highest BCUT2D eigenvalue weighted by Gasteiger charge is 2.20. The van der Waals surface area contributed by atoms with Gasteiger partial charge in [-0.15, -0.1) is 5.10 Å². The van der Waals surface area contributed by atoms with E-state index in [4.69, 9.17) is 4.74 Å². The molecular formula is C7H15N5O3S. The number of anilines is 1. The van der Waals surface area contributed by atoms with Crippen molar-refractivity contribution in [3.05, 3.63) is 0 Å². The summed E-state index contributed by atoms with van der Waals surface area (Å²) >= 11 is 0. The van der Waals surface area contributed by atoms with E-state index >= 15 is 0 Å². The van der Waals surface area contributed by atoms with Gasteiger partial charge in [0.2, 0.25) is 5.95 Å². The predicted octanol–water partition coefficient (Wildman–Crippen LogP) is -0.188. The van der Waals surface area contributed by atoms with Crippen molar-refractivity contribution in [1.82, 2.24) is 19.5 Å². The molecule has 0 spiro atoms. The third-order valence-corrected chi connectivity index (χ3v) is 3.57. The van der Waals surface area contributed by atoms with Crippen LogP contribution < -0.4 is 9.46 Å². The maximum Gasteiger partial charge on any atom is 0.336 e. The number of hydrogen-bond donors (Lipinski definition) is 2. The van der Waals surface area contributed by atoms with Crippen LogP contribution in [0, 0.1) is 0 Å². The Morgan fingerprint density at radius 1 is 1.44 bits per heavy atom. The second-order valence-corrected chi connectivity index (χ2v) is 4.53. The smallest absolute Gasteiger partial charge is 0.336 e. The van der Waals surface area contributed by atoms with Crippen molar-refractivity contribution in [2.75, 3.05) is 24.9 Å². The number of nitrogens with zero attached hydrogens (tertiary/aromatic N) is 3. The van der Waals surface area contributed by atoms with Crippen LogP contribution in [0.2, 0.25) is 0 Å². The van der Waals surface area contributed by atoms with Crippen molar-refractivity contribution < 1.29 is 13.2 Å². The molecule has 0 aliphatic heterocycles. The van der Waals surface area contributed by atoms with Crippen LogP contribution >= 0.6 is 0 Å². The number of methoxy groups -OCH3 is 1. The van der Waals surface area contributed by atoms with Crippen LogP contribution in [0.1, 0.15) is 13.8 Å². The SMILES string of the molecule is CCN(CC)S(=O)(=O)Nc1nc(OC)n[nH]1. The van der Waals surface area contributed by atoms with Crippen molar-refractivity contribution in [2.45, 2.75) is 13.8 Å². The van der Waals surface area contributed by atoms with Crippen molar-refractivity contribution in [1.29, 1.82) is 0 Å². The summed E-state index contributed by atoms with van der Waals surface area (Å²) in [5.41, 5.74) is 0. The summed E-state index contributed by atoms with van der Waals surface area (Å²) in [5, 5.41) is 6.04. The van der Waals surface area contributed by atoms with Gasteiger partial charge in [-0.25, -0.2) is 9.82 Å². The zero-order valence-corrected chi connectivity index (χ0v) is 10.2. The monoisotopic (exact) mass is 249 g/mol. The maximum absolute atomic E-state index is 11.7. The van der Waals surface area contributed by atoms with Crippen LogP contribution in [-0.2, 0) is 10.2 Å². The molecule has 1 rings (SSSR count). The number of aromatic amines is 1. The van der Waals surface area contributed by atoms with Gasteiger partial charge in [0, 0.05) is 13.1 Å². The van der Waals surface area contributed by atoms with E-state index in [1.54, 1.807) is 13.8 Å². The van der Waals surface area contributed by atoms with E-state index in [1.807, 2.05) is 0 Å². The van der Waals surface area contributed by atoms with Gasteiger partial charge < -0.3 is 4.74 Å². The molecule has 0 amide bonds. The van der Waals surface area contributed by atoms with E-state index in [1.165, 1.54) is 11.4 Å². The molecule has 0 bridgehead atoms. The fourth-order valence-corrected chi connectivity index (χ4v) is 2.28. The van der Waals surface area contributed by atoms with Gasteiger partial charge >= 0.3 is 16.2 Å². The van der Waals surface area contributed by atoms with Crippen molar-refractivity contribution in [3.63, 3.8) is 0 Å². The minimum Gasteiger partial charge on any atom is -0.466 e. The fourth-order valence-electron chi connectivity index (χ4n) is 1.13. The zero-order chi connectivity index (χ0) is 12.2. The largest absolute Gasteiger partial charge is 0.466 e. The first-order chi connectivity index (χ1) is 7.53. The number of H-pyrrole nitrogens is 1. The van der Waals surface area contributed by atoms with E-state index in [9.17, 15) is 8.42 Å². The van der Waals surface area contributed by atoms with E-state index in [-0.39, 0.29) is 12.0 Å². The van der Waals surface area contributed by atoms with E-state index in [0.717, 1.165) is 0 Å². The Morgan fingerprint density at radius 2 is 2.06 bits per heavy atom. The minimum absolute atomic E-state index is 0.0313. The molecule has 8 nitrogen and oxygen atoms in total. The molecule has 1 aromatic rings. The average molecular weight is 249 g/mol. The Kier molecular flexibility index (Phi) is 4.07. The van der Waals surface area contributed by atoms with Crippen molar-refractivity contribution in [2.24, 2.45) is 0 Å². The minimum atomic E-state index is -3.58. The first-order valence-electron chi connectivity index (χ1n) is 4.77. The van der Waals surface area contributed by atoms with E-state index in [2.05, 4.69) is 19.9 Å². The quantitative estimate of drug-likeness (QED) is 0.728. The molecule has 0 aliphatic carbocycles. The molecular weight excluding hydrogens is 234 g/mol. The standard InChI is InChI=1S/C7H15N5O3S/c1-4-12(5-2)16(13,14)11-6-8-7(15-3)10-9-6/h4-5H2,1-3H3,(H2,8,9,10,11). The fraction of sp³-hybridized carbons (Fsp3) is 0.714. The molecule has 16 heavy (non-hydrogen) atoms. The molecule has 1 heterocycles. The first-order valence-corrected chi connectivity index (χ1v) is 6.21. The lowest BCUT2D eigenvalue weighted by Gasteiger charge is -2.17. The third-order valence-electron chi connectivity index (χ3n) is 1.92. The highest BCUT2D eigenvalue weighted by molar-refractivity contribution is 7.90. The number of hydrogen-bond acceptors (Lipinski definition) is 5. The van der Waals surface area contributed by atoms with Gasteiger partial charge in [-0.2, -0.15) is 17.7 Å². The Bertz CT molecular complexity index is 425. The lowest BCUT2D eigenvalue weighted by Crippen LogP contribution is -2.35. The van der Waals surface area contributed by atoms with Gasteiger partial charge in [-0.05, 0) is 0 Å². The summed E-state index contributed by atoms with van der Waals surface area (Å²) in [6, 6.07) is 0.0808. The summed E-state index contributed by atoms with van der Waals surface area (Å²) in [6.07, 6.45) is 0. The first kappa shape index (κ1) is 12.7. The molecule has 0 saturated heterocycles. The van der Waals surface area contributed by atoms with Crippen molar-refractivity contribution in [3.8, 4) is 6.01 Å². The Morgan fingerprint density at radius 3 is 2.50 bits per heavy atom. The lowest BCUT2D eigenvalue weighted by atomic mass is 10.7. The Balaban J connectivity index is 2.79. The molecule has 0 radical (unpaired) electrons. The molecule has 0 aliphatic rings. The Labute approximate surface area is 94.2 Å². The van der Waals surface area contributed by atoms with Crippen LogP contribution in [0.3, 0.4) is 0 Å². The molecule has 0 unspecified atom stereocenters. The second kappa shape index (κ2) is 5.12. The van der Waals surface area contributed by atoms with Crippen LogP contribution in [0.15, 0.2) is 0 Å². The third kappa shape index (κ3) is 2.83. The highest BCUT2D eigenvalue weighted by Crippen LogP contribution is 2.08. The van der Waals surface area contributed by atoms with Crippen LogP contribution in [-0.4, -0.2) is 48.1 Å². The van der Waals surface area contributed by atoms with Crippen LogP contribution in [0.4, 0.5) is 5.95 Å². The van der Waals surface area contributed by atoms with Gasteiger partial charge in [0.25, 0.3) is 0 Å². The van der Waals surface area contributed by atoms with Crippen molar-refractivity contribution >= 4 is 16.2 Å². The number of aromatic nitrogens is 3. The molecule has 92 valence electrons. The Hall–Kier alpha value is -1.35. The van der Waals surface area contributed by atoms with Gasteiger partial charge in [-0.3, -0.25) is 0 Å². The molecule has 0 saturated carbocycles. The summed E-state index contributed by atoms with van der Waals surface area (Å²) in [5.74, 6) is 0.0313. The number of rotatable bonds is 6. The highest BCUT2D eigenvalue weighted by atomic mass is 32.2. The lowest BCUT2D eigenvalue weighted by molar-refractivity contribution is 0.382. The molecule has 0 aromatic carbocycles.